The van der Waals surface area contributed by atoms with Crippen molar-refractivity contribution >= 4 is 28.4 Å². The van der Waals surface area contributed by atoms with Crippen LogP contribution in [-0.4, -0.2) is 42.2 Å². The fourth-order valence-electron chi connectivity index (χ4n) is 3.70. The van der Waals surface area contributed by atoms with Gasteiger partial charge in [-0.25, -0.2) is 4.39 Å². The Morgan fingerprint density at radius 2 is 2.14 bits per heavy atom. The fourth-order valence-corrected chi connectivity index (χ4v) is 3.70. The van der Waals surface area contributed by atoms with Crippen LogP contribution in [0, 0.1) is 5.82 Å². The number of nitrogens with one attached hydrogen (secondary N) is 1. The lowest BCUT2D eigenvalue weighted by molar-refractivity contribution is -0.117. The number of rotatable bonds is 8. The molecule has 0 aliphatic carbocycles. The average molecular weight is 389 g/mol. The van der Waals surface area contributed by atoms with Crippen LogP contribution in [-0.2, 0) is 16.1 Å². The zero-order valence-corrected chi connectivity index (χ0v) is 16.8. The zero-order valence-electron chi connectivity index (χ0n) is 16.8. The normalized spacial score (nSPS) is 14.5. The lowest BCUT2D eigenvalue weighted by Crippen LogP contribution is -2.31. The van der Waals surface area contributed by atoms with E-state index in [9.17, 15) is 14.0 Å². The molecule has 7 heteroatoms. The van der Waals surface area contributed by atoms with Gasteiger partial charge in [0.25, 0.3) is 5.91 Å². The van der Waals surface area contributed by atoms with E-state index in [2.05, 4.69) is 5.32 Å². The number of fused-ring (bicyclic) bond motifs is 1. The van der Waals surface area contributed by atoms with Crippen molar-refractivity contribution in [1.29, 1.82) is 0 Å². The van der Waals surface area contributed by atoms with Crippen molar-refractivity contribution in [2.24, 2.45) is 0 Å². The molecular weight excluding hydrogens is 361 g/mol. The van der Waals surface area contributed by atoms with Gasteiger partial charge in [0.15, 0.2) is 0 Å². The number of benzene rings is 1. The molecule has 3 rings (SSSR count). The Morgan fingerprint density at radius 1 is 1.36 bits per heavy atom. The third-order valence-corrected chi connectivity index (χ3v) is 4.93. The Balaban J connectivity index is 1.95. The van der Waals surface area contributed by atoms with Gasteiger partial charge in [0.05, 0.1) is 17.3 Å². The third kappa shape index (κ3) is 4.04. The number of amides is 2. The molecule has 0 radical (unpaired) electrons. The molecule has 1 aliphatic rings. The SMILES string of the molecule is CCn1c(C(=O)NCCCOC(C)C)c(N2CCCC2=O)c2cc(F)ccc21. The van der Waals surface area contributed by atoms with Crippen molar-refractivity contribution in [1.82, 2.24) is 9.88 Å². The van der Waals surface area contributed by atoms with Gasteiger partial charge in [-0.15, -0.1) is 0 Å². The molecule has 2 heterocycles. The van der Waals surface area contributed by atoms with Crippen molar-refractivity contribution < 1.29 is 18.7 Å². The summed E-state index contributed by atoms with van der Waals surface area (Å²) in [5, 5.41) is 3.53. The molecule has 2 amide bonds. The van der Waals surface area contributed by atoms with Crippen molar-refractivity contribution in [2.75, 3.05) is 24.6 Å². The molecule has 0 bridgehead atoms. The number of aromatic nitrogens is 1. The summed E-state index contributed by atoms with van der Waals surface area (Å²) in [6.07, 6.45) is 2.03. The quantitative estimate of drug-likeness (QED) is 0.703. The molecule has 0 saturated carbocycles. The van der Waals surface area contributed by atoms with Crippen LogP contribution in [0.4, 0.5) is 10.1 Å². The fraction of sp³-hybridized carbons (Fsp3) is 0.524. The monoisotopic (exact) mass is 389 g/mol. The van der Waals surface area contributed by atoms with E-state index in [1.807, 2.05) is 25.3 Å². The minimum Gasteiger partial charge on any atom is -0.379 e. The summed E-state index contributed by atoms with van der Waals surface area (Å²) >= 11 is 0. The van der Waals surface area contributed by atoms with Crippen LogP contribution in [0.25, 0.3) is 10.9 Å². The van der Waals surface area contributed by atoms with Gasteiger partial charge in [-0.2, -0.15) is 0 Å². The van der Waals surface area contributed by atoms with Gasteiger partial charge in [0.1, 0.15) is 11.5 Å². The molecule has 28 heavy (non-hydrogen) atoms. The summed E-state index contributed by atoms with van der Waals surface area (Å²) in [6.45, 7) is 8.00. The summed E-state index contributed by atoms with van der Waals surface area (Å²) in [6, 6.07) is 4.47. The summed E-state index contributed by atoms with van der Waals surface area (Å²) in [4.78, 5) is 27.1. The molecule has 0 spiro atoms. The molecule has 0 unspecified atom stereocenters. The number of hydrogen-bond acceptors (Lipinski definition) is 3. The molecule has 152 valence electrons. The van der Waals surface area contributed by atoms with Gasteiger partial charge in [-0.1, -0.05) is 0 Å². The minimum absolute atomic E-state index is 0.0289. The Bertz CT molecular complexity index is 875. The highest BCUT2D eigenvalue weighted by Gasteiger charge is 2.31. The van der Waals surface area contributed by atoms with Crippen molar-refractivity contribution in [3.05, 3.63) is 29.7 Å². The molecular formula is C21H28FN3O3. The maximum atomic E-state index is 14.0. The molecule has 1 fully saturated rings. The van der Waals surface area contributed by atoms with E-state index in [0.29, 0.717) is 55.9 Å². The first-order chi connectivity index (χ1) is 13.4. The average Bonchev–Trinajstić information content (AvgIpc) is 3.20. The van der Waals surface area contributed by atoms with Crippen LogP contribution in [0.1, 0.15) is 50.5 Å². The Kier molecular flexibility index (Phi) is 6.34. The maximum absolute atomic E-state index is 14.0. The summed E-state index contributed by atoms with van der Waals surface area (Å²) in [5.41, 5.74) is 1.70. The third-order valence-electron chi connectivity index (χ3n) is 4.93. The van der Waals surface area contributed by atoms with Gasteiger partial charge in [-0.05, 0) is 51.8 Å². The number of nitrogens with zero attached hydrogens (tertiary/aromatic N) is 2. The van der Waals surface area contributed by atoms with E-state index in [0.717, 1.165) is 11.9 Å². The van der Waals surface area contributed by atoms with Crippen LogP contribution in [0.3, 0.4) is 0 Å². The number of carbonyl (C=O) groups is 2. The summed E-state index contributed by atoms with van der Waals surface area (Å²) in [5.74, 6) is -0.664. The number of carbonyl (C=O) groups excluding carboxylic acids is 2. The highest BCUT2D eigenvalue weighted by molar-refractivity contribution is 6.14. The summed E-state index contributed by atoms with van der Waals surface area (Å²) < 4.78 is 21.3. The zero-order chi connectivity index (χ0) is 20.3. The lowest BCUT2D eigenvalue weighted by atomic mass is 10.2. The number of halogens is 1. The molecule has 1 N–H and O–H groups in total. The van der Waals surface area contributed by atoms with E-state index in [1.165, 1.54) is 12.1 Å². The largest absolute Gasteiger partial charge is 0.379 e. The number of ether oxygens (including phenoxy) is 1. The van der Waals surface area contributed by atoms with E-state index >= 15 is 0 Å². The van der Waals surface area contributed by atoms with Crippen LogP contribution < -0.4 is 10.2 Å². The van der Waals surface area contributed by atoms with Gasteiger partial charge in [0.2, 0.25) is 5.91 Å². The molecule has 1 aromatic heterocycles. The first kappa shape index (κ1) is 20.3. The van der Waals surface area contributed by atoms with Gasteiger partial charge >= 0.3 is 0 Å². The van der Waals surface area contributed by atoms with Gasteiger partial charge < -0.3 is 19.5 Å². The second-order valence-corrected chi connectivity index (χ2v) is 7.28. The topological polar surface area (TPSA) is 63.6 Å². The van der Waals surface area contributed by atoms with E-state index < -0.39 is 0 Å². The number of hydrogen-bond donors (Lipinski definition) is 1. The number of aryl methyl sites for hydroxylation is 1. The van der Waals surface area contributed by atoms with Crippen molar-refractivity contribution in [3.8, 4) is 0 Å². The highest BCUT2D eigenvalue weighted by Crippen LogP contribution is 2.37. The lowest BCUT2D eigenvalue weighted by Gasteiger charge is -2.18. The molecule has 2 aromatic rings. The van der Waals surface area contributed by atoms with E-state index in [1.54, 1.807) is 11.0 Å². The molecule has 0 atom stereocenters. The number of anilines is 1. The maximum Gasteiger partial charge on any atom is 0.270 e. The summed E-state index contributed by atoms with van der Waals surface area (Å²) in [7, 11) is 0. The first-order valence-electron chi connectivity index (χ1n) is 9.96. The Labute approximate surface area is 164 Å². The van der Waals surface area contributed by atoms with Crippen molar-refractivity contribution in [3.63, 3.8) is 0 Å². The Hall–Kier alpha value is -2.41. The molecule has 1 aromatic carbocycles. The van der Waals surface area contributed by atoms with Crippen LogP contribution >= 0.6 is 0 Å². The highest BCUT2D eigenvalue weighted by atomic mass is 19.1. The minimum atomic E-state index is -0.383. The van der Waals surface area contributed by atoms with Crippen LogP contribution in [0.5, 0.6) is 0 Å². The smallest absolute Gasteiger partial charge is 0.270 e. The second kappa shape index (κ2) is 8.73. The van der Waals surface area contributed by atoms with Gasteiger partial charge in [0, 0.05) is 38.0 Å². The molecule has 6 nitrogen and oxygen atoms in total. The first-order valence-corrected chi connectivity index (χ1v) is 9.96. The van der Waals surface area contributed by atoms with E-state index in [4.69, 9.17) is 4.74 Å². The van der Waals surface area contributed by atoms with E-state index in [-0.39, 0.29) is 23.7 Å². The molecule has 1 saturated heterocycles. The molecule has 1 aliphatic heterocycles. The van der Waals surface area contributed by atoms with Crippen molar-refractivity contribution in [2.45, 2.75) is 52.7 Å². The van der Waals surface area contributed by atoms with Crippen LogP contribution in [0.2, 0.25) is 0 Å². The second-order valence-electron chi connectivity index (χ2n) is 7.28. The standard InChI is InChI=1S/C21H28FN3O3/c1-4-24-17-9-8-15(22)13-16(17)19(25-11-5-7-18(25)26)20(24)21(27)23-10-6-12-28-14(2)3/h8-9,13-14H,4-7,10-12H2,1-3H3,(H,23,27). The van der Waals surface area contributed by atoms with Gasteiger partial charge in [-0.3, -0.25) is 9.59 Å². The predicted molar refractivity (Wildman–Crippen MR) is 107 cm³/mol. The Morgan fingerprint density at radius 3 is 2.79 bits per heavy atom. The predicted octanol–water partition coefficient (Wildman–Crippen LogP) is 3.47. The van der Waals surface area contributed by atoms with Crippen LogP contribution in [0.15, 0.2) is 18.2 Å².